The van der Waals surface area contributed by atoms with Crippen molar-refractivity contribution in [2.75, 3.05) is 18.2 Å². The van der Waals surface area contributed by atoms with E-state index in [9.17, 15) is 4.79 Å². The number of carbonyl (C=O) groups is 1. The van der Waals surface area contributed by atoms with Gasteiger partial charge >= 0.3 is 0 Å². The summed E-state index contributed by atoms with van der Waals surface area (Å²) in [7, 11) is 1.63. The van der Waals surface area contributed by atoms with Gasteiger partial charge in [0, 0.05) is 10.6 Å². The van der Waals surface area contributed by atoms with Crippen LogP contribution in [-0.2, 0) is 11.3 Å². The molecule has 0 fully saturated rings. The molecular weight excluding hydrogens is 336 g/mol. The number of nitrogens with zero attached hydrogens (tertiary/aromatic N) is 3. The molecule has 0 radical (unpaired) electrons. The van der Waals surface area contributed by atoms with Crippen LogP contribution < -0.4 is 10.1 Å². The Bertz CT molecular complexity index is 802. The maximum atomic E-state index is 12.1. The summed E-state index contributed by atoms with van der Waals surface area (Å²) in [6.07, 6.45) is 3.18. The quantitative estimate of drug-likeness (QED) is 0.661. The number of carbonyl (C=O) groups excluding carboxylic acids is 1. The standard InChI is InChI=1S/C18H18N4O2S/c1-24-16-6-8-17(9-7-16)25-11-18(23)21-15-4-2-14(3-5-15)10-22-13-19-12-20-22/h2-9,12-13H,10-11H2,1H3,(H,21,23). The first-order valence-corrected chi connectivity index (χ1v) is 8.69. The van der Waals surface area contributed by atoms with E-state index in [2.05, 4.69) is 15.4 Å². The van der Waals surface area contributed by atoms with Gasteiger partial charge in [0.1, 0.15) is 18.4 Å². The van der Waals surface area contributed by atoms with Crippen LogP contribution in [0.15, 0.2) is 66.1 Å². The van der Waals surface area contributed by atoms with Gasteiger partial charge in [-0.15, -0.1) is 11.8 Å². The number of thioether (sulfide) groups is 1. The number of methoxy groups -OCH3 is 1. The zero-order valence-electron chi connectivity index (χ0n) is 13.8. The average molecular weight is 354 g/mol. The molecule has 0 atom stereocenters. The first-order valence-electron chi connectivity index (χ1n) is 7.71. The van der Waals surface area contributed by atoms with Gasteiger partial charge in [0.15, 0.2) is 0 Å². The summed E-state index contributed by atoms with van der Waals surface area (Å²) in [6.45, 7) is 0.654. The van der Waals surface area contributed by atoms with Gasteiger partial charge in [0.05, 0.1) is 19.4 Å². The van der Waals surface area contributed by atoms with Gasteiger partial charge in [-0.2, -0.15) is 5.10 Å². The Morgan fingerprint density at radius 3 is 2.56 bits per heavy atom. The van der Waals surface area contributed by atoms with Crippen molar-refractivity contribution in [3.63, 3.8) is 0 Å². The number of hydrogen-bond acceptors (Lipinski definition) is 5. The van der Waals surface area contributed by atoms with Crippen LogP contribution in [0.25, 0.3) is 0 Å². The molecule has 1 aromatic heterocycles. The van der Waals surface area contributed by atoms with Crippen LogP contribution in [0.2, 0.25) is 0 Å². The normalized spacial score (nSPS) is 10.4. The van der Waals surface area contributed by atoms with Gasteiger partial charge in [0.25, 0.3) is 0 Å². The van der Waals surface area contributed by atoms with Gasteiger partial charge < -0.3 is 10.1 Å². The molecule has 0 unspecified atom stereocenters. The summed E-state index contributed by atoms with van der Waals surface area (Å²) in [5, 5.41) is 6.97. The third-order valence-corrected chi connectivity index (χ3v) is 4.49. The molecule has 0 saturated carbocycles. The van der Waals surface area contributed by atoms with Crippen LogP contribution in [-0.4, -0.2) is 33.5 Å². The number of nitrogens with one attached hydrogen (secondary N) is 1. The lowest BCUT2D eigenvalue weighted by atomic mass is 10.2. The second-order valence-electron chi connectivity index (χ2n) is 5.30. The SMILES string of the molecule is COc1ccc(SCC(=O)Nc2ccc(Cn3cncn3)cc2)cc1. The van der Waals surface area contributed by atoms with Crippen molar-refractivity contribution in [1.82, 2.24) is 14.8 Å². The lowest BCUT2D eigenvalue weighted by Crippen LogP contribution is -2.14. The van der Waals surface area contributed by atoms with Crippen LogP contribution in [0.3, 0.4) is 0 Å². The summed E-state index contributed by atoms with van der Waals surface area (Å²) in [4.78, 5) is 17.0. The summed E-state index contributed by atoms with van der Waals surface area (Å²) in [6, 6.07) is 15.4. The van der Waals surface area contributed by atoms with E-state index in [1.807, 2.05) is 48.5 Å². The Labute approximate surface area is 150 Å². The van der Waals surface area contributed by atoms with E-state index in [4.69, 9.17) is 4.74 Å². The number of ether oxygens (including phenoxy) is 1. The van der Waals surface area contributed by atoms with E-state index in [0.717, 1.165) is 21.9 Å². The van der Waals surface area contributed by atoms with Crippen LogP contribution >= 0.6 is 11.8 Å². The van der Waals surface area contributed by atoms with Crippen LogP contribution in [0, 0.1) is 0 Å². The van der Waals surface area contributed by atoms with E-state index >= 15 is 0 Å². The van der Waals surface area contributed by atoms with Crippen molar-refractivity contribution < 1.29 is 9.53 Å². The summed E-state index contributed by atoms with van der Waals surface area (Å²) in [5.41, 5.74) is 1.87. The predicted molar refractivity (Wildman–Crippen MR) is 97.9 cm³/mol. The zero-order valence-corrected chi connectivity index (χ0v) is 14.6. The number of benzene rings is 2. The Balaban J connectivity index is 1.48. The molecule has 1 heterocycles. The third kappa shape index (κ3) is 5.09. The van der Waals surface area contributed by atoms with Gasteiger partial charge in [-0.3, -0.25) is 4.79 Å². The minimum Gasteiger partial charge on any atom is -0.497 e. The topological polar surface area (TPSA) is 69.0 Å². The highest BCUT2D eigenvalue weighted by Gasteiger charge is 2.05. The van der Waals surface area contributed by atoms with Crippen molar-refractivity contribution in [1.29, 1.82) is 0 Å². The van der Waals surface area contributed by atoms with Crippen molar-refractivity contribution in [2.45, 2.75) is 11.4 Å². The van der Waals surface area contributed by atoms with Gasteiger partial charge in [-0.25, -0.2) is 9.67 Å². The smallest absolute Gasteiger partial charge is 0.234 e. The monoisotopic (exact) mass is 354 g/mol. The number of rotatable bonds is 7. The molecule has 0 saturated heterocycles. The molecule has 3 aromatic rings. The summed E-state index contributed by atoms with van der Waals surface area (Å²) < 4.78 is 6.87. The number of amides is 1. The fraction of sp³-hybridized carbons (Fsp3) is 0.167. The van der Waals surface area contributed by atoms with E-state index in [0.29, 0.717) is 12.3 Å². The highest BCUT2D eigenvalue weighted by molar-refractivity contribution is 8.00. The first-order chi connectivity index (χ1) is 12.2. The van der Waals surface area contributed by atoms with E-state index in [-0.39, 0.29) is 5.91 Å². The number of hydrogen-bond donors (Lipinski definition) is 1. The highest BCUT2D eigenvalue weighted by atomic mass is 32.2. The van der Waals surface area contributed by atoms with Crippen molar-refractivity contribution >= 4 is 23.4 Å². The Kier molecular flexibility index (Phi) is 5.69. The largest absolute Gasteiger partial charge is 0.497 e. The highest BCUT2D eigenvalue weighted by Crippen LogP contribution is 2.21. The second-order valence-corrected chi connectivity index (χ2v) is 6.35. The molecule has 3 rings (SSSR count). The molecule has 7 heteroatoms. The maximum Gasteiger partial charge on any atom is 0.234 e. The minimum absolute atomic E-state index is 0.0372. The lowest BCUT2D eigenvalue weighted by Gasteiger charge is -2.07. The summed E-state index contributed by atoms with van der Waals surface area (Å²) in [5.74, 6) is 1.12. The summed E-state index contributed by atoms with van der Waals surface area (Å²) >= 11 is 1.49. The molecule has 1 N–H and O–H groups in total. The molecule has 0 spiro atoms. The third-order valence-electron chi connectivity index (χ3n) is 3.48. The Morgan fingerprint density at radius 1 is 1.16 bits per heavy atom. The number of aromatic nitrogens is 3. The maximum absolute atomic E-state index is 12.1. The van der Waals surface area contributed by atoms with Crippen molar-refractivity contribution in [3.8, 4) is 5.75 Å². The fourth-order valence-electron chi connectivity index (χ4n) is 2.21. The molecule has 0 aliphatic carbocycles. The van der Waals surface area contributed by atoms with Crippen LogP contribution in [0.1, 0.15) is 5.56 Å². The molecule has 2 aromatic carbocycles. The van der Waals surface area contributed by atoms with Gasteiger partial charge in [-0.05, 0) is 42.0 Å². The second kappa shape index (κ2) is 8.34. The van der Waals surface area contributed by atoms with E-state index < -0.39 is 0 Å². The molecule has 128 valence electrons. The molecule has 6 nitrogen and oxygen atoms in total. The van der Waals surface area contributed by atoms with E-state index in [1.165, 1.54) is 18.1 Å². The van der Waals surface area contributed by atoms with Crippen LogP contribution in [0.5, 0.6) is 5.75 Å². The first kappa shape index (κ1) is 17.0. The number of anilines is 1. The van der Waals surface area contributed by atoms with Gasteiger partial charge in [-0.1, -0.05) is 12.1 Å². The Morgan fingerprint density at radius 2 is 1.92 bits per heavy atom. The lowest BCUT2D eigenvalue weighted by molar-refractivity contribution is -0.113. The predicted octanol–water partition coefficient (Wildman–Crippen LogP) is 3.07. The van der Waals surface area contributed by atoms with Crippen molar-refractivity contribution in [2.24, 2.45) is 0 Å². The van der Waals surface area contributed by atoms with Gasteiger partial charge in [0.2, 0.25) is 5.91 Å². The fourth-order valence-corrected chi connectivity index (χ4v) is 2.91. The molecule has 0 aliphatic rings. The average Bonchev–Trinajstić information content (AvgIpc) is 3.15. The molecule has 0 bridgehead atoms. The molecular formula is C18H18N4O2S. The van der Waals surface area contributed by atoms with Crippen LogP contribution in [0.4, 0.5) is 5.69 Å². The molecule has 0 aliphatic heterocycles. The Hall–Kier alpha value is -2.80. The molecule has 25 heavy (non-hydrogen) atoms. The zero-order chi connectivity index (χ0) is 17.5. The molecule has 1 amide bonds. The van der Waals surface area contributed by atoms with Crippen molar-refractivity contribution in [3.05, 3.63) is 66.7 Å². The minimum atomic E-state index is -0.0372. The van der Waals surface area contributed by atoms with E-state index in [1.54, 1.807) is 18.1 Å².